The Morgan fingerprint density at radius 1 is 1.58 bits per heavy atom. The lowest BCUT2D eigenvalue weighted by Crippen LogP contribution is -2.22. The van der Waals surface area contributed by atoms with Crippen molar-refractivity contribution < 1.29 is 14.6 Å². The summed E-state index contributed by atoms with van der Waals surface area (Å²) in [5.74, 6) is 1.19. The van der Waals surface area contributed by atoms with Crippen molar-refractivity contribution in [2.75, 3.05) is 25.1 Å². The Hall–Kier alpha value is -1.85. The van der Waals surface area contributed by atoms with Crippen molar-refractivity contribution in [1.29, 1.82) is 0 Å². The van der Waals surface area contributed by atoms with Crippen LogP contribution in [0.3, 0.4) is 0 Å². The van der Waals surface area contributed by atoms with Crippen molar-refractivity contribution in [1.82, 2.24) is 9.97 Å². The molecule has 0 spiro atoms. The van der Waals surface area contributed by atoms with E-state index in [9.17, 15) is 4.79 Å². The van der Waals surface area contributed by atoms with E-state index in [1.54, 1.807) is 7.11 Å². The second-order valence-corrected chi connectivity index (χ2v) is 4.86. The van der Waals surface area contributed by atoms with Gasteiger partial charge < -0.3 is 14.7 Å². The number of carboxylic acid groups (broad SMARTS) is 1. The third-order valence-electron chi connectivity index (χ3n) is 3.56. The number of carboxylic acids is 1. The number of carbonyl (C=O) groups is 1. The Bertz CT molecular complexity index is 464. The number of aromatic nitrogens is 2. The first-order valence-electron chi connectivity index (χ1n) is 6.44. The molecule has 2 rings (SSSR count). The van der Waals surface area contributed by atoms with Crippen molar-refractivity contribution in [3.8, 4) is 5.88 Å². The van der Waals surface area contributed by atoms with Gasteiger partial charge in [-0.2, -0.15) is 0 Å². The Morgan fingerprint density at radius 3 is 3.05 bits per heavy atom. The maximum Gasteiger partial charge on any atom is 0.303 e. The Labute approximate surface area is 112 Å². The first-order chi connectivity index (χ1) is 9.11. The minimum Gasteiger partial charge on any atom is -0.481 e. The molecule has 1 fully saturated rings. The molecule has 0 saturated carbocycles. The monoisotopic (exact) mass is 265 g/mol. The fourth-order valence-electron chi connectivity index (χ4n) is 2.54. The molecular weight excluding hydrogens is 246 g/mol. The smallest absolute Gasteiger partial charge is 0.303 e. The second-order valence-electron chi connectivity index (χ2n) is 4.86. The van der Waals surface area contributed by atoms with Gasteiger partial charge in [0.2, 0.25) is 5.88 Å². The molecule has 1 aromatic heterocycles. The van der Waals surface area contributed by atoms with Gasteiger partial charge in [-0.25, -0.2) is 9.97 Å². The number of methoxy groups -OCH3 is 1. The predicted octanol–water partition coefficient (Wildman–Crippen LogP) is 1.48. The van der Waals surface area contributed by atoms with Crippen LogP contribution in [0.15, 0.2) is 6.33 Å². The van der Waals surface area contributed by atoms with Gasteiger partial charge in [-0.3, -0.25) is 4.79 Å². The summed E-state index contributed by atoms with van der Waals surface area (Å²) in [6.07, 6.45) is 3.49. The minimum atomic E-state index is -0.724. The molecule has 104 valence electrons. The molecule has 6 nitrogen and oxygen atoms in total. The van der Waals surface area contributed by atoms with E-state index >= 15 is 0 Å². The summed E-state index contributed by atoms with van der Waals surface area (Å²) in [5, 5.41) is 8.72. The van der Waals surface area contributed by atoms with Crippen LogP contribution >= 0.6 is 0 Å². The van der Waals surface area contributed by atoms with Crippen LogP contribution in [0.25, 0.3) is 0 Å². The molecule has 0 bridgehead atoms. The van der Waals surface area contributed by atoms with Crippen LogP contribution in [0, 0.1) is 12.8 Å². The van der Waals surface area contributed by atoms with Crippen LogP contribution in [0.1, 0.15) is 24.8 Å². The number of rotatable bonds is 5. The van der Waals surface area contributed by atoms with Gasteiger partial charge in [0.1, 0.15) is 12.1 Å². The maximum absolute atomic E-state index is 10.6. The average Bonchev–Trinajstić information content (AvgIpc) is 2.85. The molecule has 1 aliphatic heterocycles. The fourth-order valence-corrected chi connectivity index (χ4v) is 2.54. The summed E-state index contributed by atoms with van der Waals surface area (Å²) < 4.78 is 5.20. The van der Waals surface area contributed by atoms with E-state index in [2.05, 4.69) is 14.9 Å². The lowest BCUT2D eigenvalue weighted by Gasteiger charge is -2.20. The minimum absolute atomic E-state index is 0.241. The van der Waals surface area contributed by atoms with Crippen molar-refractivity contribution in [3.63, 3.8) is 0 Å². The van der Waals surface area contributed by atoms with E-state index in [0.29, 0.717) is 11.8 Å². The number of aliphatic carboxylic acids is 1. The molecule has 1 aromatic rings. The summed E-state index contributed by atoms with van der Waals surface area (Å²) in [5.41, 5.74) is 0.934. The molecule has 0 aromatic carbocycles. The van der Waals surface area contributed by atoms with Gasteiger partial charge in [0.15, 0.2) is 0 Å². The van der Waals surface area contributed by atoms with Crippen LogP contribution < -0.4 is 9.64 Å². The normalized spacial score (nSPS) is 18.6. The number of anilines is 1. The van der Waals surface area contributed by atoms with Gasteiger partial charge in [0, 0.05) is 19.5 Å². The molecule has 2 heterocycles. The molecule has 19 heavy (non-hydrogen) atoms. The summed E-state index contributed by atoms with van der Waals surface area (Å²) in [6.45, 7) is 3.71. The third kappa shape index (κ3) is 3.13. The number of ether oxygens (including phenoxy) is 1. The summed E-state index contributed by atoms with van der Waals surface area (Å²) in [4.78, 5) is 21.2. The third-order valence-corrected chi connectivity index (χ3v) is 3.56. The molecule has 6 heteroatoms. The van der Waals surface area contributed by atoms with E-state index in [-0.39, 0.29) is 6.42 Å². The van der Waals surface area contributed by atoms with Crippen LogP contribution in [0.2, 0.25) is 0 Å². The van der Waals surface area contributed by atoms with Gasteiger partial charge in [0.25, 0.3) is 0 Å². The fraction of sp³-hybridized carbons (Fsp3) is 0.615. The largest absolute Gasteiger partial charge is 0.481 e. The highest BCUT2D eigenvalue weighted by atomic mass is 16.5. The van der Waals surface area contributed by atoms with Crippen molar-refractivity contribution in [2.45, 2.75) is 26.2 Å². The molecule has 1 unspecified atom stereocenters. The van der Waals surface area contributed by atoms with Crippen LogP contribution in [-0.2, 0) is 4.79 Å². The zero-order valence-electron chi connectivity index (χ0n) is 11.3. The van der Waals surface area contributed by atoms with Crippen LogP contribution in [-0.4, -0.2) is 41.2 Å². The summed E-state index contributed by atoms with van der Waals surface area (Å²) in [7, 11) is 1.60. The first kappa shape index (κ1) is 13.6. The van der Waals surface area contributed by atoms with Gasteiger partial charge in [0.05, 0.1) is 12.7 Å². The Morgan fingerprint density at radius 2 is 2.37 bits per heavy atom. The number of hydrogen-bond donors (Lipinski definition) is 1. The average molecular weight is 265 g/mol. The lowest BCUT2D eigenvalue weighted by molar-refractivity contribution is -0.137. The SMILES string of the molecule is COc1ncnc(N2CCC(CCC(=O)O)C2)c1C. The molecular formula is C13H19N3O3. The maximum atomic E-state index is 10.6. The quantitative estimate of drug-likeness (QED) is 0.869. The van der Waals surface area contributed by atoms with Gasteiger partial charge in [-0.1, -0.05) is 0 Å². The number of hydrogen-bond acceptors (Lipinski definition) is 5. The predicted molar refractivity (Wildman–Crippen MR) is 70.5 cm³/mol. The zero-order chi connectivity index (χ0) is 13.8. The second kappa shape index (κ2) is 5.86. The van der Waals surface area contributed by atoms with E-state index < -0.39 is 5.97 Å². The van der Waals surface area contributed by atoms with Crippen molar-refractivity contribution in [2.24, 2.45) is 5.92 Å². The van der Waals surface area contributed by atoms with E-state index in [1.807, 2.05) is 6.92 Å². The molecule has 1 saturated heterocycles. The lowest BCUT2D eigenvalue weighted by atomic mass is 10.0. The number of nitrogens with zero attached hydrogens (tertiary/aromatic N) is 3. The van der Waals surface area contributed by atoms with Crippen molar-refractivity contribution >= 4 is 11.8 Å². The highest BCUT2D eigenvalue weighted by Crippen LogP contribution is 2.29. The van der Waals surface area contributed by atoms with Crippen LogP contribution in [0.4, 0.5) is 5.82 Å². The van der Waals surface area contributed by atoms with Gasteiger partial charge >= 0.3 is 5.97 Å². The molecule has 0 aliphatic carbocycles. The molecule has 1 aliphatic rings. The van der Waals surface area contributed by atoms with E-state index in [1.165, 1.54) is 6.33 Å². The van der Waals surface area contributed by atoms with Gasteiger partial charge in [-0.15, -0.1) is 0 Å². The zero-order valence-corrected chi connectivity index (χ0v) is 11.3. The van der Waals surface area contributed by atoms with Crippen molar-refractivity contribution in [3.05, 3.63) is 11.9 Å². The van der Waals surface area contributed by atoms with E-state index in [4.69, 9.17) is 9.84 Å². The van der Waals surface area contributed by atoms with Gasteiger partial charge in [-0.05, 0) is 25.7 Å². The highest BCUT2D eigenvalue weighted by molar-refractivity contribution is 5.66. The summed E-state index contributed by atoms with van der Waals surface area (Å²) >= 11 is 0. The molecule has 1 N–H and O–H groups in total. The topological polar surface area (TPSA) is 75.6 Å². The highest BCUT2D eigenvalue weighted by Gasteiger charge is 2.25. The molecule has 0 radical (unpaired) electrons. The standard InChI is InChI=1S/C13H19N3O3/c1-9-12(14-8-15-13(9)19-2)16-6-5-10(7-16)3-4-11(17)18/h8,10H,3-7H2,1-2H3,(H,17,18). The molecule has 1 atom stereocenters. The Balaban J connectivity index is 2.02. The molecule has 0 amide bonds. The van der Waals surface area contributed by atoms with Crippen LogP contribution in [0.5, 0.6) is 5.88 Å². The Kier molecular flexibility index (Phi) is 4.19. The summed E-state index contributed by atoms with van der Waals surface area (Å²) in [6, 6.07) is 0. The van der Waals surface area contributed by atoms with E-state index in [0.717, 1.165) is 37.3 Å². The first-order valence-corrected chi connectivity index (χ1v) is 6.44.